The molecule has 0 aliphatic rings. The molecule has 92 valence electrons. The van der Waals surface area contributed by atoms with Crippen molar-refractivity contribution < 1.29 is 4.79 Å². The second-order valence-corrected chi connectivity index (χ2v) is 5.24. The van der Waals surface area contributed by atoms with Gasteiger partial charge in [-0.15, -0.1) is 0 Å². The maximum atomic E-state index is 11.4. The van der Waals surface area contributed by atoms with Gasteiger partial charge in [-0.05, 0) is 65.9 Å². The van der Waals surface area contributed by atoms with E-state index in [1.165, 1.54) is 6.92 Å². The van der Waals surface area contributed by atoms with E-state index in [0.29, 0.717) is 11.3 Å². The second kappa shape index (κ2) is 5.39. The van der Waals surface area contributed by atoms with E-state index in [4.69, 9.17) is 5.73 Å². The quantitative estimate of drug-likeness (QED) is 0.502. The number of benzene rings is 2. The summed E-state index contributed by atoms with van der Waals surface area (Å²) >= 11 is 2.26. The Balaban J connectivity index is 2.30. The summed E-state index contributed by atoms with van der Waals surface area (Å²) in [5.74, 6) is -0.0289. The smallest absolute Gasteiger partial charge is 0.161 e. The second-order valence-electron chi connectivity index (χ2n) is 3.99. The van der Waals surface area contributed by atoms with Crippen LogP contribution in [0.25, 0.3) is 0 Å². The van der Waals surface area contributed by atoms with E-state index in [-0.39, 0.29) is 5.78 Å². The molecule has 2 aromatic carbocycles. The number of nitrogens with two attached hydrogens (primary N) is 1. The number of nitrogens with one attached hydrogen (secondary N) is 1. The van der Waals surface area contributed by atoms with Crippen LogP contribution >= 0.6 is 22.6 Å². The first-order valence-electron chi connectivity index (χ1n) is 5.49. The zero-order valence-corrected chi connectivity index (χ0v) is 12.1. The SMILES string of the molecule is CC(=O)c1cc(Nc2cccc(I)c2)ccc1N. The largest absolute Gasteiger partial charge is 0.398 e. The Hall–Kier alpha value is -1.56. The van der Waals surface area contributed by atoms with Crippen LogP contribution in [0.3, 0.4) is 0 Å². The molecule has 0 aromatic heterocycles. The van der Waals surface area contributed by atoms with Gasteiger partial charge in [0.1, 0.15) is 0 Å². The molecule has 18 heavy (non-hydrogen) atoms. The number of carbonyl (C=O) groups excluding carboxylic acids is 1. The number of ketones is 1. The lowest BCUT2D eigenvalue weighted by Gasteiger charge is -2.09. The summed E-state index contributed by atoms with van der Waals surface area (Å²) in [5.41, 5.74) is 8.66. The lowest BCUT2D eigenvalue weighted by molar-refractivity contribution is 0.101. The third-order valence-electron chi connectivity index (χ3n) is 2.55. The lowest BCUT2D eigenvalue weighted by atomic mass is 10.1. The average Bonchev–Trinajstić information content (AvgIpc) is 2.31. The third-order valence-corrected chi connectivity index (χ3v) is 3.22. The molecule has 2 rings (SSSR count). The molecule has 0 unspecified atom stereocenters. The van der Waals surface area contributed by atoms with Gasteiger partial charge in [-0.25, -0.2) is 0 Å². The van der Waals surface area contributed by atoms with Gasteiger partial charge < -0.3 is 11.1 Å². The number of hydrogen-bond acceptors (Lipinski definition) is 3. The predicted molar refractivity (Wildman–Crippen MR) is 83.3 cm³/mol. The molecular weight excluding hydrogens is 339 g/mol. The van der Waals surface area contributed by atoms with Gasteiger partial charge in [0, 0.05) is 26.2 Å². The van der Waals surface area contributed by atoms with Crippen molar-refractivity contribution in [3.8, 4) is 0 Å². The van der Waals surface area contributed by atoms with Crippen LogP contribution in [0.5, 0.6) is 0 Å². The number of hydrogen-bond donors (Lipinski definition) is 2. The minimum absolute atomic E-state index is 0.0289. The van der Waals surface area contributed by atoms with Crippen molar-refractivity contribution >= 4 is 45.4 Å². The first kappa shape index (κ1) is 12.9. The van der Waals surface area contributed by atoms with Crippen molar-refractivity contribution in [1.82, 2.24) is 0 Å². The highest BCUT2D eigenvalue weighted by Crippen LogP contribution is 2.22. The molecule has 0 atom stereocenters. The fraction of sp³-hybridized carbons (Fsp3) is 0.0714. The Labute approximate surface area is 120 Å². The van der Waals surface area contributed by atoms with E-state index >= 15 is 0 Å². The molecule has 0 fully saturated rings. The van der Waals surface area contributed by atoms with Crippen LogP contribution in [0.2, 0.25) is 0 Å². The van der Waals surface area contributed by atoms with Crippen LogP contribution in [0.15, 0.2) is 42.5 Å². The minimum Gasteiger partial charge on any atom is -0.398 e. The summed E-state index contributed by atoms with van der Waals surface area (Å²) in [6, 6.07) is 13.4. The van der Waals surface area contributed by atoms with Crippen LogP contribution in [0.4, 0.5) is 17.1 Å². The van der Waals surface area contributed by atoms with Gasteiger partial charge >= 0.3 is 0 Å². The predicted octanol–water partition coefficient (Wildman–Crippen LogP) is 3.82. The first-order chi connectivity index (χ1) is 8.56. The Kier molecular flexibility index (Phi) is 3.86. The molecule has 3 N–H and O–H groups in total. The van der Waals surface area contributed by atoms with Gasteiger partial charge in [-0.2, -0.15) is 0 Å². The monoisotopic (exact) mass is 352 g/mol. The fourth-order valence-corrected chi connectivity index (χ4v) is 2.21. The van der Waals surface area contributed by atoms with E-state index in [9.17, 15) is 4.79 Å². The molecule has 2 aromatic rings. The van der Waals surface area contributed by atoms with Crippen LogP contribution in [0, 0.1) is 3.57 Å². The van der Waals surface area contributed by atoms with Crippen molar-refractivity contribution in [3.05, 3.63) is 51.6 Å². The normalized spacial score (nSPS) is 10.1. The standard InChI is InChI=1S/C14H13IN2O/c1-9(18)13-8-12(5-6-14(13)16)17-11-4-2-3-10(15)7-11/h2-8,17H,16H2,1H3. The number of nitrogen functional groups attached to an aromatic ring is 1. The van der Waals surface area contributed by atoms with Crippen LogP contribution in [-0.4, -0.2) is 5.78 Å². The summed E-state index contributed by atoms with van der Waals surface area (Å²) in [6.07, 6.45) is 0. The highest BCUT2D eigenvalue weighted by Gasteiger charge is 2.06. The number of anilines is 3. The van der Waals surface area contributed by atoms with Crippen LogP contribution in [0.1, 0.15) is 17.3 Å². The minimum atomic E-state index is -0.0289. The van der Waals surface area contributed by atoms with E-state index in [0.717, 1.165) is 14.9 Å². The van der Waals surface area contributed by atoms with Crippen molar-refractivity contribution in [3.63, 3.8) is 0 Å². The van der Waals surface area contributed by atoms with Crippen LogP contribution in [-0.2, 0) is 0 Å². The van der Waals surface area contributed by atoms with Crippen molar-refractivity contribution in [1.29, 1.82) is 0 Å². The summed E-state index contributed by atoms with van der Waals surface area (Å²) < 4.78 is 1.15. The molecule has 4 heteroatoms. The molecule has 0 aliphatic heterocycles. The van der Waals surface area contributed by atoms with E-state index in [1.54, 1.807) is 12.1 Å². The average molecular weight is 352 g/mol. The topological polar surface area (TPSA) is 55.1 Å². The lowest BCUT2D eigenvalue weighted by Crippen LogP contribution is -2.01. The maximum Gasteiger partial charge on any atom is 0.161 e. The van der Waals surface area contributed by atoms with Crippen molar-refractivity contribution in [2.45, 2.75) is 6.92 Å². The summed E-state index contributed by atoms with van der Waals surface area (Å²) in [6.45, 7) is 1.51. The Morgan fingerprint density at radius 1 is 1.17 bits per heavy atom. The first-order valence-corrected chi connectivity index (χ1v) is 6.57. The molecule has 0 saturated heterocycles. The summed E-state index contributed by atoms with van der Waals surface area (Å²) in [5, 5.41) is 3.25. The highest BCUT2D eigenvalue weighted by molar-refractivity contribution is 14.1. The van der Waals surface area contributed by atoms with Gasteiger partial charge in [0.05, 0.1) is 0 Å². The molecule has 0 bridgehead atoms. The molecular formula is C14H13IN2O. The van der Waals surface area contributed by atoms with Gasteiger partial charge in [-0.3, -0.25) is 4.79 Å². The molecule has 3 nitrogen and oxygen atoms in total. The number of halogens is 1. The summed E-state index contributed by atoms with van der Waals surface area (Å²) in [7, 11) is 0. The molecule has 0 spiro atoms. The van der Waals surface area contributed by atoms with E-state index in [2.05, 4.69) is 27.9 Å². The zero-order valence-electron chi connectivity index (χ0n) is 9.91. The Morgan fingerprint density at radius 3 is 2.56 bits per heavy atom. The Morgan fingerprint density at radius 2 is 1.89 bits per heavy atom. The highest BCUT2D eigenvalue weighted by atomic mass is 127. The molecule has 0 saturated carbocycles. The molecule has 0 amide bonds. The number of rotatable bonds is 3. The third kappa shape index (κ3) is 3.01. The zero-order chi connectivity index (χ0) is 13.1. The molecule has 0 heterocycles. The number of Topliss-reactive ketones (excluding diaryl/α,β-unsaturated/α-hetero) is 1. The van der Waals surface area contributed by atoms with Gasteiger partial charge in [0.15, 0.2) is 5.78 Å². The molecule has 0 radical (unpaired) electrons. The Bertz CT molecular complexity index is 596. The van der Waals surface area contributed by atoms with Gasteiger partial charge in [0.25, 0.3) is 0 Å². The number of carbonyl (C=O) groups is 1. The molecule has 0 aliphatic carbocycles. The van der Waals surface area contributed by atoms with Crippen molar-refractivity contribution in [2.75, 3.05) is 11.1 Å². The van der Waals surface area contributed by atoms with Crippen LogP contribution < -0.4 is 11.1 Å². The fourth-order valence-electron chi connectivity index (χ4n) is 1.67. The summed E-state index contributed by atoms with van der Waals surface area (Å²) in [4.78, 5) is 11.4. The maximum absolute atomic E-state index is 11.4. The van der Waals surface area contributed by atoms with E-state index in [1.807, 2.05) is 30.3 Å². The van der Waals surface area contributed by atoms with Gasteiger partial charge in [0.2, 0.25) is 0 Å². The van der Waals surface area contributed by atoms with Crippen molar-refractivity contribution in [2.24, 2.45) is 0 Å². The van der Waals surface area contributed by atoms with E-state index < -0.39 is 0 Å². The van der Waals surface area contributed by atoms with Gasteiger partial charge in [-0.1, -0.05) is 6.07 Å².